The second-order valence-corrected chi connectivity index (χ2v) is 10.3. The van der Waals surface area contributed by atoms with E-state index < -0.39 is 0 Å². The predicted molar refractivity (Wildman–Crippen MR) is 140 cm³/mol. The quantitative estimate of drug-likeness (QED) is 0.369. The summed E-state index contributed by atoms with van der Waals surface area (Å²) in [5.41, 5.74) is 5.69. The van der Waals surface area contributed by atoms with E-state index in [0.717, 1.165) is 23.7 Å². The minimum Gasteiger partial charge on any atom is -0.103 e. The summed E-state index contributed by atoms with van der Waals surface area (Å²) in [5, 5.41) is 0. The summed E-state index contributed by atoms with van der Waals surface area (Å²) in [5.74, 6) is 3.13. The fourth-order valence-electron chi connectivity index (χ4n) is 5.72. The third-order valence-electron chi connectivity index (χ3n) is 8.07. The second-order valence-electron chi connectivity index (χ2n) is 10.3. The van der Waals surface area contributed by atoms with Crippen LogP contribution < -0.4 is 0 Å². The second kappa shape index (κ2) is 11.7. The lowest BCUT2D eigenvalue weighted by molar-refractivity contribution is 0.349. The molecule has 0 N–H and O–H groups in total. The molecule has 2 aliphatic rings. The number of hydrogen-bond donors (Lipinski definition) is 0. The van der Waals surface area contributed by atoms with E-state index >= 15 is 0 Å². The van der Waals surface area contributed by atoms with E-state index in [-0.39, 0.29) is 0 Å². The highest BCUT2D eigenvalue weighted by Crippen LogP contribution is 2.38. The zero-order valence-electron chi connectivity index (χ0n) is 20.1. The lowest BCUT2D eigenvalue weighted by atomic mass is 9.77. The molecule has 0 bridgehead atoms. The third-order valence-corrected chi connectivity index (χ3v) is 8.07. The van der Waals surface area contributed by atoms with E-state index in [1.807, 2.05) is 0 Å². The standard InChI is InChI=1S/C32H42/c1-3-5-6-26-13-17-29(18-14-26)31-21-23-32(24-22-31)30-19-15-28(16-20-30)12-11-27-9-7-25(4-2)8-10-27/h4,11-14,17-18,21-25,27-28,30H,2-3,5-10,15-16,19-20H2,1H3/t25?,27?,28-,30-. The molecule has 170 valence electrons. The van der Waals surface area contributed by atoms with Gasteiger partial charge in [0.05, 0.1) is 0 Å². The molecule has 0 heteroatoms. The maximum absolute atomic E-state index is 3.97. The van der Waals surface area contributed by atoms with Gasteiger partial charge < -0.3 is 0 Å². The van der Waals surface area contributed by atoms with Gasteiger partial charge in [0, 0.05) is 0 Å². The lowest BCUT2D eigenvalue weighted by Gasteiger charge is -2.28. The highest BCUT2D eigenvalue weighted by atomic mass is 14.3. The Morgan fingerprint density at radius 3 is 1.72 bits per heavy atom. The molecule has 2 fully saturated rings. The van der Waals surface area contributed by atoms with Crippen molar-refractivity contribution in [2.75, 3.05) is 0 Å². The summed E-state index contributed by atoms with van der Waals surface area (Å²) in [6, 6.07) is 18.6. The highest BCUT2D eigenvalue weighted by molar-refractivity contribution is 5.64. The minimum atomic E-state index is 0.744. The molecule has 2 aromatic rings. The molecule has 4 rings (SSSR count). The van der Waals surface area contributed by atoms with Gasteiger partial charge in [-0.2, -0.15) is 0 Å². The number of benzene rings is 2. The van der Waals surface area contributed by atoms with Crippen molar-refractivity contribution in [1.82, 2.24) is 0 Å². The van der Waals surface area contributed by atoms with Gasteiger partial charge in [0.1, 0.15) is 0 Å². The molecule has 0 unspecified atom stereocenters. The first-order valence-corrected chi connectivity index (χ1v) is 13.2. The van der Waals surface area contributed by atoms with Crippen LogP contribution in [-0.2, 0) is 6.42 Å². The van der Waals surface area contributed by atoms with E-state index in [1.54, 1.807) is 5.56 Å². The van der Waals surface area contributed by atoms with Crippen LogP contribution in [0.5, 0.6) is 0 Å². The van der Waals surface area contributed by atoms with Crippen molar-refractivity contribution in [1.29, 1.82) is 0 Å². The SMILES string of the molecule is C=CC1CCC(C=C[C@H]2CC[C@H](c3ccc(-c4ccc(CCCC)cc4)cc3)CC2)CC1. The van der Waals surface area contributed by atoms with Crippen molar-refractivity contribution in [2.24, 2.45) is 17.8 Å². The van der Waals surface area contributed by atoms with Gasteiger partial charge in [-0.15, -0.1) is 6.58 Å². The molecule has 0 atom stereocenters. The Morgan fingerprint density at radius 2 is 1.19 bits per heavy atom. The molecule has 2 aromatic carbocycles. The Hall–Kier alpha value is -2.08. The fourth-order valence-corrected chi connectivity index (χ4v) is 5.72. The van der Waals surface area contributed by atoms with Gasteiger partial charge in [-0.25, -0.2) is 0 Å². The van der Waals surface area contributed by atoms with Crippen molar-refractivity contribution < 1.29 is 0 Å². The average Bonchev–Trinajstić information content (AvgIpc) is 2.87. The maximum Gasteiger partial charge on any atom is -0.0162 e. The average molecular weight is 427 g/mol. The van der Waals surface area contributed by atoms with Gasteiger partial charge in [0.25, 0.3) is 0 Å². The van der Waals surface area contributed by atoms with Crippen LogP contribution in [-0.4, -0.2) is 0 Å². The molecular weight excluding hydrogens is 384 g/mol. The Balaban J connectivity index is 1.26. The summed E-state index contributed by atoms with van der Waals surface area (Å²) in [6.07, 6.45) is 21.8. The summed E-state index contributed by atoms with van der Waals surface area (Å²) in [7, 11) is 0. The van der Waals surface area contributed by atoms with Crippen LogP contribution in [0.15, 0.2) is 73.3 Å². The molecule has 0 amide bonds. The van der Waals surface area contributed by atoms with E-state index in [4.69, 9.17) is 0 Å². The molecule has 0 saturated heterocycles. The van der Waals surface area contributed by atoms with Crippen molar-refractivity contribution in [3.63, 3.8) is 0 Å². The van der Waals surface area contributed by atoms with Gasteiger partial charge in [-0.3, -0.25) is 0 Å². The van der Waals surface area contributed by atoms with E-state index in [9.17, 15) is 0 Å². The first-order chi connectivity index (χ1) is 15.7. The number of hydrogen-bond acceptors (Lipinski definition) is 0. The fraction of sp³-hybridized carbons (Fsp3) is 0.500. The zero-order valence-corrected chi connectivity index (χ0v) is 20.1. The number of rotatable bonds is 8. The van der Waals surface area contributed by atoms with Crippen LogP contribution in [0.25, 0.3) is 11.1 Å². The van der Waals surface area contributed by atoms with E-state index in [1.165, 1.54) is 87.3 Å². The highest BCUT2D eigenvalue weighted by Gasteiger charge is 2.22. The summed E-state index contributed by atoms with van der Waals surface area (Å²) in [4.78, 5) is 0. The monoisotopic (exact) mass is 426 g/mol. The molecule has 0 spiro atoms. The molecule has 0 heterocycles. The molecule has 32 heavy (non-hydrogen) atoms. The topological polar surface area (TPSA) is 0 Å². The zero-order chi connectivity index (χ0) is 22.2. The van der Waals surface area contributed by atoms with E-state index in [2.05, 4.69) is 80.3 Å². The van der Waals surface area contributed by atoms with Crippen molar-refractivity contribution >= 4 is 0 Å². The van der Waals surface area contributed by atoms with Crippen molar-refractivity contribution in [3.05, 3.63) is 84.5 Å². The van der Waals surface area contributed by atoms with Crippen molar-refractivity contribution in [3.8, 4) is 11.1 Å². The lowest BCUT2D eigenvalue weighted by Crippen LogP contribution is -2.13. The van der Waals surface area contributed by atoms with Gasteiger partial charge in [-0.1, -0.05) is 80.1 Å². The minimum absolute atomic E-state index is 0.744. The van der Waals surface area contributed by atoms with Gasteiger partial charge in [-0.05, 0) is 110 Å². The largest absolute Gasteiger partial charge is 0.103 e. The van der Waals surface area contributed by atoms with E-state index in [0.29, 0.717) is 0 Å². The molecule has 2 aliphatic carbocycles. The number of aryl methyl sites for hydroxylation is 1. The molecular formula is C32H42. The summed E-state index contributed by atoms with van der Waals surface area (Å²) < 4.78 is 0. The van der Waals surface area contributed by atoms with Crippen LogP contribution in [0.2, 0.25) is 0 Å². The Labute approximate surface area is 196 Å². The predicted octanol–water partition coefficient (Wildman–Crippen LogP) is 9.52. The van der Waals surface area contributed by atoms with Crippen LogP contribution >= 0.6 is 0 Å². The molecule has 0 aliphatic heterocycles. The normalized spacial score (nSPS) is 26.3. The third kappa shape index (κ3) is 6.25. The van der Waals surface area contributed by atoms with Crippen molar-refractivity contribution in [2.45, 2.75) is 83.5 Å². The van der Waals surface area contributed by atoms with Crippen LogP contribution in [0.1, 0.15) is 88.2 Å². The Bertz CT molecular complexity index is 838. The Kier molecular flexibility index (Phi) is 8.43. The van der Waals surface area contributed by atoms with Crippen LogP contribution in [0, 0.1) is 17.8 Å². The summed E-state index contributed by atoms with van der Waals surface area (Å²) in [6.45, 7) is 6.23. The first-order valence-electron chi connectivity index (χ1n) is 13.2. The Morgan fingerprint density at radius 1 is 0.688 bits per heavy atom. The van der Waals surface area contributed by atoms with Gasteiger partial charge in [0.15, 0.2) is 0 Å². The smallest absolute Gasteiger partial charge is 0.0162 e. The van der Waals surface area contributed by atoms with Gasteiger partial charge in [0.2, 0.25) is 0 Å². The first kappa shape index (κ1) is 23.1. The van der Waals surface area contributed by atoms with Crippen LogP contribution in [0.3, 0.4) is 0 Å². The number of allylic oxidation sites excluding steroid dienone is 3. The molecule has 0 aromatic heterocycles. The van der Waals surface area contributed by atoms with Crippen LogP contribution in [0.4, 0.5) is 0 Å². The molecule has 2 saturated carbocycles. The summed E-state index contributed by atoms with van der Waals surface area (Å²) >= 11 is 0. The molecule has 0 nitrogen and oxygen atoms in total. The molecule has 0 radical (unpaired) electrons. The van der Waals surface area contributed by atoms with Gasteiger partial charge >= 0.3 is 0 Å². The number of unbranched alkanes of at least 4 members (excludes halogenated alkanes) is 1. The maximum atomic E-state index is 3.97.